The van der Waals surface area contributed by atoms with Crippen LogP contribution in [0.3, 0.4) is 0 Å². The van der Waals surface area contributed by atoms with Crippen LogP contribution >= 0.6 is 11.3 Å². The van der Waals surface area contributed by atoms with Crippen molar-refractivity contribution in [2.45, 2.75) is 33.2 Å². The van der Waals surface area contributed by atoms with Crippen molar-refractivity contribution in [2.24, 2.45) is 0 Å². The minimum atomic E-state index is -0.261. The van der Waals surface area contributed by atoms with Crippen LogP contribution in [0.15, 0.2) is 24.3 Å². The van der Waals surface area contributed by atoms with E-state index >= 15 is 0 Å². The molecule has 0 amide bonds. The maximum atomic E-state index is 13.4. The molecule has 1 aromatic carbocycles. The molecule has 2 heterocycles. The number of rotatable bonds is 4. The number of hydrogen-bond donors (Lipinski definition) is 1. The number of benzene rings is 1. The van der Waals surface area contributed by atoms with Gasteiger partial charge in [-0.2, -0.15) is 0 Å². The van der Waals surface area contributed by atoms with E-state index in [1.165, 1.54) is 17.0 Å². The molecule has 0 saturated carbocycles. The van der Waals surface area contributed by atoms with Crippen LogP contribution in [0.4, 0.5) is 9.39 Å². The zero-order valence-electron chi connectivity index (χ0n) is 12.2. The zero-order valence-corrected chi connectivity index (χ0v) is 13.0. The lowest BCUT2D eigenvalue weighted by Crippen LogP contribution is -2.00. The molecule has 3 aromatic rings. The molecule has 0 aliphatic rings. The Balaban J connectivity index is 2.24. The van der Waals surface area contributed by atoms with E-state index in [2.05, 4.69) is 29.5 Å². The fourth-order valence-corrected chi connectivity index (χ4v) is 3.43. The van der Waals surface area contributed by atoms with Crippen LogP contribution in [0.5, 0.6) is 0 Å². The number of hydrogen-bond acceptors (Lipinski definition) is 3. The Morgan fingerprint density at radius 2 is 2.10 bits per heavy atom. The van der Waals surface area contributed by atoms with Gasteiger partial charge in [0.2, 0.25) is 0 Å². The summed E-state index contributed by atoms with van der Waals surface area (Å²) < 4.78 is 15.6. The lowest BCUT2D eigenvalue weighted by molar-refractivity contribution is 0.629. The predicted molar refractivity (Wildman–Crippen MR) is 87.1 cm³/mol. The van der Waals surface area contributed by atoms with Gasteiger partial charge in [0.15, 0.2) is 0 Å². The van der Waals surface area contributed by atoms with Crippen molar-refractivity contribution in [3.8, 4) is 11.4 Å². The van der Waals surface area contributed by atoms with Crippen molar-refractivity contribution in [1.29, 1.82) is 0 Å². The number of imidazole rings is 1. The summed E-state index contributed by atoms with van der Waals surface area (Å²) in [6, 6.07) is 6.85. The summed E-state index contributed by atoms with van der Waals surface area (Å²) in [7, 11) is 0. The number of nitrogen functional groups attached to an aromatic ring is 1. The van der Waals surface area contributed by atoms with E-state index in [9.17, 15) is 4.39 Å². The fraction of sp³-hybridized carbons (Fsp3) is 0.312. The summed E-state index contributed by atoms with van der Waals surface area (Å²) in [6.07, 6.45) is 1.94. The highest BCUT2D eigenvalue weighted by atomic mass is 32.1. The van der Waals surface area contributed by atoms with Crippen LogP contribution < -0.4 is 5.73 Å². The van der Waals surface area contributed by atoms with Crippen LogP contribution in [-0.2, 0) is 13.0 Å². The number of nitrogens with two attached hydrogens (primary N) is 1. The van der Waals surface area contributed by atoms with Crippen molar-refractivity contribution in [2.75, 3.05) is 5.73 Å². The summed E-state index contributed by atoms with van der Waals surface area (Å²) >= 11 is 1.60. The van der Waals surface area contributed by atoms with E-state index in [4.69, 9.17) is 5.73 Å². The molecule has 0 unspecified atom stereocenters. The molecule has 5 heteroatoms. The summed E-state index contributed by atoms with van der Waals surface area (Å²) in [5.41, 5.74) is 8.75. The van der Waals surface area contributed by atoms with E-state index < -0.39 is 0 Å². The summed E-state index contributed by atoms with van der Waals surface area (Å²) in [5, 5.41) is 0.778. The first-order valence-electron chi connectivity index (χ1n) is 7.18. The van der Waals surface area contributed by atoms with Gasteiger partial charge in [-0.3, -0.25) is 0 Å². The number of fused-ring (bicyclic) bond motifs is 1. The highest BCUT2D eigenvalue weighted by Gasteiger charge is 2.17. The summed E-state index contributed by atoms with van der Waals surface area (Å²) in [5.74, 6) is 0.577. The predicted octanol–water partition coefficient (Wildman–Crippen LogP) is 4.46. The Morgan fingerprint density at radius 1 is 1.29 bits per heavy atom. The third-order valence-corrected chi connectivity index (χ3v) is 4.67. The second-order valence-corrected chi connectivity index (χ2v) is 6.23. The molecule has 2 N–H and O–H groups in total. The molecule has 0 aliphatic carbocycles. The molecule has 0 saturated heterocycles. The van der Waals surface area contributed by atoms with Gasteiger partial charge in [0.1, 0.15) is 11.6 Å². The van der Waals surface area contributed by atoms with Crippen molar-refractivity contribution in [1.82, 2.24) is 9.55 Å². The topological polar surface area (TPSA) is 43.8 Å². The lowest BCUT2D eigenvalue weighted by atomic mass is 10.2. The SMILES string of the molecule is CCCn1c(-c2cc(CC)sc2N)nc2cc(F)ccc21. The number of anilines is 1. The molecule has 0 fully saturated rings. The van der Waals surface area contributed by atoms with E-state index in [1.54, 1.807) is 17.4 Å². The average Bonchev–Trinajstić information content (AvgIpc) is 3.00. The second kappa shape index (κ2) is 5.48. The van der Waals surface area contributed by atoms with Crippen LogP contribution in [-0.4, -0.2) is 9.55 Å². The fourth-order valence-electron chi connectivity index (χ4n) is 2.57. The molecule has 21 heavy (non-hydrogen) atoms. The second-order valence-electron chi connectivity index (χ2n) is 5.06. The van der Waals surface area contributed by atoms with Crippen LogP contribution in [0.2, 0.25) is 0 Å². The average molecular weight is 303 g/mol. The third-order valence-electron chi connectivity index (χ3n) is 3.56. The quantitative estimate of drug-likeness (QED) is 0.773. The Labute approximate surface area is 127 Å². The third kappa shape index (κ3) is 2.42. The Bertz CT molecular complexity index is 788. The van der Waals surface area contributed by atoms with E-state index in [-0.39, 0.29) is 5.82 Å². The molecular weight excluding hydrogens is 285 g/mol. The van der Waals surface area contributed by atoms with Gasteiger partial charge in [-0.1, -0.05) is 13.8 Å². The first kappa shape index (κ1) is 14.1. The lowest BCUT2D eigenvalue weighted by Gasteiger charge is -2.07. The monoisotopic (exact) mass is 303 g/mol. The molecule has 0 bridgehead atoms. The largest absolute Gasteiger partial charge is 0.390 e. The van der Waals surface area contributed by atoms with Crippen LogP contribution in [0.1, 0.15) is 25.1 Å². The van der Waals surface area contributed by atoms with Gasteiger partial charge in [-0.25, -0.2) is 9.37 Å². The zero-order chi connectivity index (χ0) is 15.0. The number of thiophene rings is 1. The molecule has 0 radical (unpaired) electrons. The molecule has 0 spiro atoms. The minimum absolute atomic E-state index is 0.261. The first-order chi connectivity index (χ1) is 10.1. The van der Waals surface area contributed by atoms with Gasteiger partial charge in [-0.15, -0.1) is 11.3 Å². The van der Waals surface area contributed by atoms with Crippen LogP contribution in [0.25, 0.3) is 22.4 Å². The van der Waals surface area contributed by atoms with Crippen molar-refractivity contribution >= 4 is 27.4 Å². The summed E-state index contributed by atoms with van der Waals surface area (Å²) in [4.78, 5) is 5.86. The molecule has 3 nitrogen and oxygen atoms in total. The maximum absolute atomic E-state index is 13.4. The van der Waals surface area contributed by atoms with Gasteiger partial charge in [0.05, 0.1) is 21.6 Å². The van der Waals surface area contributed by atoms with Crippen molar-refractivity contribution in [3.63, 3.8) is 0 Å². The molecule has 110 valence electrons. The van der Waals surface area contributed by atoms with Gasteiger partial charge in [-0.05, 0) is 31.0 Å². The molecule has 0 atom stereocenters. The summed E-state index contributed by atoms with van der Waals surface area (Å²) in [6.45, 7) is 5.07. The first-order valence-corrected chi connectivity index (χ1v) is 8.00. The van der Waals surface area contributed by atoms with Crippen LogP contribution in [0, 0.1) is 5.82 Å². The molecule has 2 aromatic heterocycles. The van der Waals surface area contributed by atoms with E-state index in [0.29, 0.717) is 5.52 Å². The maximum Gasteiger partial charge on any atom is 0.144 e. The smallest absolute Gasteiger partial charge is 0.144 e. The highest BCUT2D eigenvalue weighted by molar-refractivity contribution is 7.16. The Hall–Kier alpha value is -1.88. The number of aromatic nitrogens is 2. The number of aryl methyl sites for hydroxylation is 2. The highest BCUT2D eigenvalue weighted by Crippen LogP contribution is 2.35. The standard InChI is InChI=1S/C16H18FN3S/c1-3-7-20-14-6-5-10(17)8-13(14)19-16(20)12-9-11(4-2)21-15(12)18/h5-6,8-9H,3-4,7,18H2,1-2H3. The number of nitrogens with zero attached hydrogens (tertiary/aromatic N) is 2. The minimum Gasteiger partial charge on any atom is -0.390 e. The molecule has 3 rings (SSSR count). The Kier molecular flexibility index (Phi) is 3.68. The number of halogens is 1. The molecular formula is C16H18FN3S. The van der Waals surface area contributed by atoms with E-state index in [1.807, 2.05) is 0 Å². The molecule has 0 aliphatic heterocycles. The van der Waals surface area contributed by atoms with Gasteiger partial charge in [0, 0.05) is 17.5 Å². The van der Waals surface area contributed by atoms with Crippen molar-refractivity contribution in [3.05, 3.63) is 35.0 Å². The normalized spacial score (nSPS) is 11.4. The van der Waals surface area contributed by atoms with E-state index in [0.717, 1.165) is 41.3 Å². The Morgan fingerprint density at radius 3 is 2.76 bits per heavy atom. The van der Waals surface area contributed by atoms with Gasteiger partial charge >= 0.3 is 0 Å². The van der Waals surface area contributed by atoms with Gasteiger partial charge < -0.3 is 10.3 Å². The van der Waals surface area contributed by atoms with Gasteiger partial charge in [0.25, 0.3) is 0 Å². The van der Waals surface area contributed by atoms with Crippen molar-refractivity contribution < 1.29 is 4.39 Å².